The highest BCUT2D eigenvalue weighted by atomic mass is 32.2. The summed E-state index contributed by atoms with van der Waals surface area (Å²) in [5.74, 6) is -1.16. The summed E-state index contributed by atoms with van der Waals surface area (Å²) < 4.78 is 27.9. The number of primary amides is 1. The van der Waals surface area contributed by atoms with E-state index in [9.17, 15) is 18.0 Å². The number of nitrogens with two attached hydrogens (primary N) is 2. The van der Waals surface area contributed by atoms with Gasteiger partial charge in [-0.2, -0.15) is 0 Å². The molecule has 1 rings (SSSR count). The fourth-order valence-electron chi connectivity index (χ4n) is 2.20. The molecule has 2 amide bonds. The van der Waals surface area contributed by atoms with E-state index in [4.69, 9.17) is 16.2 Å². The van der Waals surface area contributed by atoms with Gasteiger partial charge in [-0.25, -0.2) is 8.42 Å². The maximum Gasteiger partial charge on any atom is 0.240 e. The minimum atomic E-state index is -3.11. The van der Waals surface area contributed by atoms with Crippen molar-refractivity contribution < 1.29 is 22.7 Å². The molecule has 9 heteroatoms. The fourth-order valence-corrected chi connectivity index (χ4v) is 3.93. The number of hydrogen-bond donors (Lipinski definition) is 2. The molecule has 4 N–H and O–H groups in total. The highest BCUT2D eigenvalue weighted by Gasteiger charge is 2.36. The van der Waals surface area contributed by atoms with Gasteiger partial charge in [-0.3, -0.25) is 9.59 Å². The maximum atomic E-state index is 12.2. The minimum absolute atomic E-state index is 0.0550. The van der Waals surface area contributed by atoms with Crippen molar-refractivity contribution in [3.63, 3.8) is 0 Å². The lowest BCUT2D eigenvalue weighted by atomic mass is 10.1. The Labute approximate surface area is 118 Å². The van der Waals surface area contributed by atoms with Gasteiger partial charge in [0, 0.05) is 19.7 Å². The van der Waals surface area contributed by atoms with Gasteiger partial charge in [0.25, 0.3) is 0 Å². The molecule has 1 aliphatic rings. The summed E-state index contributed by atoms with van der Waals surface area (Å²) in [6, 6.07) is -1.46. The van der Waals surface area contributed by atoms with Crippen LogP contribution in [0.25, 0.3) is 0 Å². The van der Waals surface area contributed by atoms with Gasteiger partial charge < -0.3 is 21.1 Å². The van der Waals surface area contributed by atoms with E-state index >= 15 is 0 Å². The van der Waals surface area contributed by atoms with Gasteiger partial charge in [0.2, 0.25) is 11.8 Å². The molecule has 116 valence electrons. The van der Waals surface area contributed by atoms with Crippen LogP contribution in [0.5, 0.6) is 0 Å². The van der Waals surface area contributed by atoms with E-state index in [2.05, 4.69) is 0 Å². The molecule has 0 aromatic heterocycles. The largest absolute Gasteiger partial charge is 0.383 e. The van der Waals surface area contributed by atoms with E-state index < -0.39 is 33.7 Å². The van der Waals surface area contributed by atoms with Crippen LogP contribution >= 0.6 is 0 Å². The average molecular weight is 307 g/mol. The molecule has 0 aromatic carbocycles. The zero-order valence-corrected chi connectivity index (χ0v) is 12.3. The molecule has 0 aromatic rings. The van der Waals surface area contributed by atoms with Crippen LogP contribution in [0.4, 0.5) is 0 Å². The number of ether oxygens (including phenoxy) is 1. The Morgan fingerprint density at radius 2 is 2.10 bits per heavy atom. The van der Waals surface area contributed by atoms with Gasteiger partial charge in [0.1, 0.15) is 0 Å². The van der Waals surface area contributed by atoms with Crippen LogP contribution in [0.2, 0.25) is 0 Å². The zero-order valence-electron chi connectivity index (χ0n) is 11.4. The van der Waals surface area contributed by atoms with Gasteiger partial charge in [-0.15, -0.1) is 0 Å². The third-order valence-corrected chi connectivity index (χ3v) is 4.96. The van der Waals surface area contributed by atoms with Gasteiger partial charge in [-0.1, -0.05) is 0 Å². The number of rotatable bonds is 7. The topological polar surface area (TPSA) is 133 Å². The normalized spacial score (nSPS) is 22.4. The Morgan fingerprint density at radius 1 is 1.45 bits per heavy atom. The van der Waals surface area contributed by atoms with Crippen molar-refractivity contribution in [1.29, 1.82) is 0 Å². The van der Waals surface area contributed by atoms with Crippen molar-refractivity contribution >= 4 is 21.7 Å². The Kier molecular flexibility index (Phi) is 5.90. The summed E-state index contributed by atoms with van der Waals surface area (Å²) in [6.07, 6.45) is 0.114. The van der Waals surface area contributed by atoms with Crippen molar-refractivity contribution in [3.8, 4) is 0 Å². The number of carbonyl (C=O) groups is 2. The molecule has 2 atom stereocenters. The highest BCUT2D eigenvalue weighted by molar-refractivity contribution is 7.91. The number of amides is 2. The number of nitrogens with zero attached hydrogens (tertiary/aromatic N) is 1. The van der Waals surface area contributed by atoms with Gasteiger partial charge in [-0.05, 0) is 6.42 Å². The average Bonchev–Trinajstić information content (AvgIpc) is 2.69. The summed E-state index contributed by atoms with van der Waals surface area (Å²) in [4.78, 5) is 24.4. The van der Waals surface area contributed by atoms with Crippen molar-refractivity contribution in [1.82, 2.24) is 4.90 Å². The number of sulfone groups is 1. The van der Waals surface area contributed by atoms with Crippen molar-refractivity contribution in [2.24, 2.45) is 11.5 Å². The molecular formula is C11H21N3O5S. The molecule has 0 radical (unpaired) electrons. The number of hydrogen-bond acceptors (Lipinski definition) is 6. The molecule has 1 aliphatic heterocycles. The first-order valence-corrected chi connectivity index (χ1v) is 8.12. The van der Waals surface area contributed by atoms with E-state index in [0.717, 1.165) is 0 Å². The van der Waals surface area contributed by atoms with Crippen LogP contribution in [0, 0.1) is 0 Å². The van der Waals surface area contributed by atoms with E-state index in [-0.39, 0.29) is 31.1 Å². The molecular weight excluding hydrogens is 286 g/mol. The smallest absolute Gasteiger partial charge is 0.240 e. The second kappa shape index (κ2) is 7.00. The molecule has 0 spiro atoms. The SMILES string of the molecule is COCCN(C(=O)C(N)CC(N)=O)C1CCS(=O)(=O)C1. The maximum absolute atomic E-state index is 12.2. The number of carbonyl (C=O) groups excluding carboxylic acids is 2. The second-order valence-corrected chi connectivity index (χ2v) is 7.09. The first-order chi connectivity index (χ1) is 9.26. The summed E-state index contributed by atoms with van der Waals surface area (Å²) in [7, 11) is -1.63. The standard InChI is InChI=1S/C11H21N3O5S/c1-19-4-3-14(8-2-5-20(17,18)7-8)11(16)9(12)6-10(13)15/h8-9H,2-7,12H2,1H3,(H2,13,15). The molecule has 0 bridgehead atoms. The third kappa shape index (κ3) is 4.73. The molecule has 1 saturated heterocycles. The van der Waals surface area contributed by atoms with Crippen molar-refractivity contribution in [2.45, 2.75) is 24.9 Å². The molecule has 1 fully saturated rings. The van der Waals surface area contributed by atoms with E-state index in [1.165, 1.54) is 12.0 Å². The van der Waals surface area contributed by atoms with Crippen molar-refractivity contribution in [2.75, 3.05) is 31.8 Å². The Balaban J connectivity index is 2.78. The minimum Gasteiger partial charge on any atom is -0.383 e. The molecule has 20 heavy (non-hydrogen) atoms. The molecule has 1 heterocycles. The fraction of sp³-hybridized carbons (Fsp3) is 0.818. The molecule has 2 unspecified atom stereocenters. The van der Waals surface area contributed by atoms with E-state index in [0.29, 0.717) is 6.42 Å². The Bertz CT molecular complexity index is 465. The monoisotopic (exact) mass is 307 g/mol. The summed E-state index contributed by atoms with van der Waals surface area (Å²) in [6.45, 7) is 0.508. The first kappa shape index (κ1) is 16.9. The summed E-state index contributed by atoms with van der Waals surface area (Å²) in [5.41, 5.74) is 10.7. The Hall–Kier alpha value is -1.19. The quantitative estimate of drug-likeness (QED) is 0.551. The lowest BCUT2D eigenvalue weighted by Gasteiger charge is -2.30. The van der Waals surface area contributed by atoms with Crippen LogP contribution in [-0.2, 0) is 24.2 Å². The van der Waals surface area contributed by atoms with Gasteiger partial charge in [0.05, 0.1) is 30.6 Å². The predicted octanol–water partition coefficient (Wildman–Crippen LogP) is -2.15. The number of methoxy groups -OCH3 is 1. The van der Waals surface area contributed by atoms with Crippen LogP contribution < -0.4 is 11.5 Å². The van der Waals surface area contributed by atoms with Crippen LogP contribution in [0.3, 0.4) is 0 Å². The summed E-state index contributed by atoms with van der Waals surface area (Å²) in [5, 5.41) is 0. The second-order valence-electron chi connectivity index (χ2n) is 4.86. The predicted molar refractivity (Wildman–Crippen MR) is 72.4 cm³/mol. The van der Waals surface area contributed by atoms with Gasteiger partial charge in [0.15, 0.2) is 9.84 Å². The lowest BCUT2D eigenvalue weighted by molar-refractivity contribution is -0.137. The summed E-state index contributed by atoms with van der Waals surface area (Å²) >= 11 is 0. The molecule has 0 aliphatic carbocycles. The zero-order chi connectivity index (χ0) is 15.3. The molecule has 8 nitrogen and oxygen atoms in total. The third-order valence-electron chi connectivity index (χ3n) is 3.21. The highest BCUT2D eigenvalue weighted by Crippen LogP contribution is 2.18. The van der Waals surface area contributed by atoms with Crippen LogP contribution in [-0.4, -0.2) is 69.0 Å². The van der Waals surface area contributed by atoms with Crippen LogP contribution in [0.15, 0.2) is 0 Å². The van der Waals surface area contributed by atoms with E-state index in [1.54, 1.807) is 0 Å². The Morgan fingerprint density at radius 3 is 2.55 bits per heavy atom. The molecule has 0 saturated carbocycles. The van der Waals surface area contributed by atoms with E-state index in [1.807, 2.05) is 0 Å². The lowest BCUT2D eigenvalue weighted by Crippen LogP contribution is -2.51. The first-order valence-electron chi connectivity index (χ1n) is 6.30. The van der Waals surface area contributed by atoms with Crippen molar-refractivity contribution in [3.05, 3.63) is 0 Å². The van der Waals surface area contributed by atoms with Crippen LogP contribution in [0.1, 0.15) is 12.8 Å². The van der Waals surface area contributed by atoms with Gasteiger partial charge >= 0.3 is 0 Å².